The van der Waals surface area contributed by atoms with Gasteiger partial charge in [0.1, 0.15) is 0 Å². The first-order valence-electron chi connectivity index (χ1n) is 9.16. The maximum Gasteiger partial charge on any atom is 0.225 e. The molecule has 1 fully saturated rings. The third-order valence-electron chi connectivity index (χ3n) is 5.09. The Morgan fingerprint density at radius 3 is 2.78 bits per heavy atom. The summed E-state index contributed by atoms with van der Waals surface area (Å²) >= 11 is 1.69. The summed E-state index contributed by atoms with van der Waals surface area (Å²) in [7, 11) is 0. The molecule has 0 aliphatic carbocycles. The summed E-state index contributed by atoms with van der Waals surface area (Å²) in [6.45, 7) is 3.61. The van der Waals surface area contributed by atoms with Gasteiger partial charge >= 0.3 is 0 Å². The number of nitrogens with one attached hydrogen (secondary N) is 1. The van der Waals surface area contributed by atoms with Crippen molar-refractivity contribution in [1.29, 1.82) is 0 Å². The number of rotatable bonds is 5. The highest BCUT2D eigenvalue weighted by Crippen LogP contribution is 2.26. The zero-order chi connectivity index (χ0) is 18.8. The normalized spacial score (nSPS) is 16.9. The maximum atomic E-state index is 12.6. The summed E-state index contributed by atoms with van der Waals surface area (Å²) in [5.74, 6) is -0.255. The average molecular weight is 378 g/mol. The van der Waals surface area contributed by atoms with Gasteiger partial charge in [-0.15, -0.1) is 11.3 Å². The number of aryl methyl sites for hydroxylation is 1. The van der Waals surface area contributed by atoms with Crippen molar-refractivity contribution in [3.05, 3.63) is 70.6 Å². The lowest BCUT2D eigenvalue weighted by atomic mass is 10.1. The number of nitrogens with zero attached hydrogens (tertiary/aromatic N) is 1. The van der Waals surface area contributed by atoms with Crippen LogP contribution in [0.4, 0.5) is 0 Å². The molecule has 0 radical (unpaired) electrons. The van der Waals surface area contributed by atoms with Crippen molar-refractivity contribution in [2.24, 2.45) is 5.92 Å². The lowest BCUT2D eigenvalue weighted by molar-refractivity contribution is -0.129. The predicted octanol–water partition coefficient (Wildman–Crippen LogP) is 3.87. The van der Waals surface area contributed by atoms with Gasteiger partial charge in [-0.2, -0.15) is 0 Å². The summed E-state index contributed by atoms with van der Waals surface area (Å²) in [5, 5.41) is 6.30. The number of likely N-dealkylation sites (tertiary alicyclic amines) is 1. The molecule has 2 heterocycles. The molecule has 1 aliphatic rings. The van der Waals surface area contributed by atoms with E-state index in [4.69, 9.17) is 0 Å². The SMILES string of the molecule is Cc1ccc(CN2CC(C(=O)NCc3csc4ccccc34)CC2=O)cc1. The topological polar surface area (TPSA) is 49.4 Å². The Bertz CT molecular complexity index is 977. The summed E-state index contributed by atoms with van der Waals surface area (Å²) in [6.07, 6.45) is 0.294. The molecule has 2 amide bonds. The molecule has 138 valence electrons. The highest BCUT2D eigenvalue weighted by Gasteiger charge is 2.34. The van der Waals surface area contributed by atoms with E-state index in [1.807, 2.05) is 43.3 Å². The van der Waals surface area contributed by atoms with Gasteiger partial charge in [-0.3, -0.25) is 9.59 Å². The first-order chi connectivity index (χ1) is 13.1. The first kappa shape index (κ1) is 17.7. The van der Waals surface area contributed by atoms with Crippen molar-refractivity contribution < 1.29 is 9.59 Å². The van der Waals surface area contributed by atoms with E-state index in [1.54, 1.807) is 16.2 Å². The van der Waals surface area contributed by atoms with E-state index in [9.17, 15) is 9.59 Å². The Hall–Kier alpha value is -2.66. The van der Waals surface area contributed by atoms with Crippen LogP contribution in [0.25, 0.3) is 10.1 Å². The molecule has 4 rings (SSSR count). The molecule has 0 saturated carbocycles. The standard InChI is InChI=1S/C22H22N2O2S/c1-15-6-8-16(9-7-15)12-24-13-17(10-21(24)25)22(26)23-11-18-14-27-20-5-3-2-4-19(18)20/h2-9,14,17H,10-13H2,1H3,(H,23,26). The number of benzene rings is 2. The zero-order valence-corrected chi connectivity index (χ0v) is 16.1. The molecule has 5 heteroatoms. The van der Waals surface area contributed by atoms with E-state index in [-0.39, 0.29) is 17.7 Å². The van der Waals surface area contributed by atoms with E-state index in [0.29, 0.717) is 26.1 Å². The van der Waals surface area contributed by atoms with Gasteiger partial charge in [0.2, 0.25) is 11.8 Å². The lowest BCUT2D eigenvalue weighted by Crippen LogP contribution is -2.32. The van der Waals surface area contributed by atoms with Crippen LogP contribution in [0.2, 0.25) is 0 Å². The van der Waals surface area contributed by atoms with Gasteiger partial charge < -0.3 is 10.2 Å². The minimum Gasteiger partial charge on any atom is -0.352 e. The molecule has 2 aromatic carbocycles. The van der Waals surface area contributed by atoms with E-state index in [1.165, 1.54) is 15.6 Å². The molecule has 27 heavy (non-hydrogen) atoms. The Morgan fingerprint density at radius 2 is 1.96 bits per heavy atom. The molecule has 4 nitrogen and oxygen atoms in total. The maximum absolute atomic E-state index is 12.6. The average Bonchev–Trinajstić information content (AvgIpc) is 3.25. The highest BCUT2D eigenvalue weighted by molar-refractivity contribution is 7.17. The molecular formula is C22H22N2O2S. The van der Waals surface area contributed by atoms with Crippen molar-refractivity contribution in [2.75, 3.05) is 6.54 Å². The van der Waals surface area contributed by atoms with Crippen molar-refractivity contribution in [3.8, 4) is 0 Å². The smallest absolute Gasteiger partial charge is 0.225 e. The molecule has 3 aromatic rings. The summed E-state index contributed by atoms with van der Waals surface area (Å²) < 4.78 is 1.22. The molecule has 0 spiro atoms. The van der Waals surface area contributed by atoms with Gasteiger partial charge in [0.15, 0.2) is 0 Å². The van der Waals surface area contributed by atoms with E-state index < -0.39 is 0 Å². The van der Waals surface area contributed by atoms with Crippen LogP contribution in [0.5, 0.6) is 0 Å². The van der Waals surface area contributed by atoms with Crippen LogP contribution in [0.15, 0.2) is 53.9 Å². The van der Waals surface area contributed by atoms with Crippen molar-refractivity contribution >= 4 is 33.2 Å². The fourth-order valence-electron chi connectivity index (χ4n) is 3.51. The number of fused-ring (bicyclic) bond motifs is 1. The van der Waals surface area contributed by atoms with Crippen LogP contribution in [-0.2, 0) is 22.7 Å². The lowest BCUT2D eigenvalue weighted by Gasteiger charge is -2.17. The van der Waals surface area contributed by atoms with E-state index >= 15 is 0 Å². The third kappa shape index (κ3) is 3.88. The van der Waals surface area contributed by atoms with E-state index in [0.717, 1.165) is 11.1 Å². The van der Waals surface area contributed by atoms with Crippen LogP contribution in [0.3, 0.4) is 0 Å². The van der Waals surface area contributed by atoms with Crippen LogP contribution in [0.1, 0.15) is 23.1 Å². The second kappa shape index (κ2) is 7.53. The van der Waals surface area contributed by atoms with Crippen LogP contribution in [-0.4, -0.2) is 23.3 Å². The number of carbonyl (C=O) groups excluding carboxylic acids is 2. The fraction of sp³-hybridized carbons (Fsp3) is 0.273. The number of thiophene rings is 1. The van der Waals surface area contributed by atoms with Crippen molar-refractivity contribution in [1.82, 2.24) is 10.2 Å². The number of amides is 2. The fourth-order valence-corrected chi connectivity index (χ4v) is 4.47. The Balaban J connectivity index is 1.35. The minimum absolute atomic E-state index is 0.0370. The summed E-state index contributed by atoms with van der Waals surface area (Å²) in [4.78, 5) is 26.7. The Morgan fingerprint density at radius 1 is 1.19 bits per heavy atom. The molecule has 1 aromatic heterocycles. The predicted molar refractivity (Wildman–Crippen MR) is 108 cm³/mol. The van der Waals surface area contributed by atoms with Gasteiger partial charge in [-0.1, -0.05) is 48.0 Å². The Kier molecular flexibility index (Phi) is 4.94. The van der Waals surface area contributed by atoms with Crippen molar-refractivity contribution in [2.45, 2.75) is 26.4 Å². The largest absolute Gasteiger partial charge is 0.352 e. The second-order valence-corrected chi connectivity index (χ2v) is 8.05. The molecule has 1 atom stereocenters. The molecule has 1 unspecified atom stereocenters. The van der Waals surface area contributed by atoms with Gasteiger partial charge in [0, 0.05) is 30.8 Å². The summed E-state index contributed by atoms with van der Waals surface area (Å²) in [5.41, 5.74) is 3.43. The zero-order valence-electron chi connectivity index (χ0n) is 15.3. The molecule has 1 saturated heterocycles. The third-order valence-corrected chi connectivity index (χ3v) is 6.11. The monoisotopic (exact) mass is 378 g/mol. The molecule has 1 N–H and O–H groups in total. The molecule has 1 aliphatic heterocycles. The molecular weight excluding hydrogens is 356 g/mol. The Labute approximate surface area is 162 Å². The van der Waals surface area contributed by atoms with Crippen LogP contribution < -0.4 is 5.32 Å². The van der Waals surface area contributed by atoms with Crippen LogP contribution >= 0.6 is 11.3 Å². The summed E-state index contributed by atoms with van der Waals surface area (Å²) in [6, 6.07) is 16.4. The van der Waals surface area contributed by atoms with E-state index in [2.05, 4.69) is 22.8 Å². The molecule has 0 bridgehead atoms. The number of hydrogen-bond donors (Lipinski definition) is 1. The minimum atomic E-state index is -0.271. The number of hydrogen-bond acceptors (Lipinski definition) is 3. The van der Waals surface area contributed by atoms with Crippen LogP contribution in [0, 0.1) is 12.8 Å². The van der Waals surface area contributed by atoms with Gasteiger partial charge in [0.25, 0.3) is 0 Å². The van der Waals surface area contributed by atoms with Gasteiger partial charge in [-0.05, 0) is 34.9 Å². The van der Waals surface area contributed by atoms with Crippen molar-refractivity contribution in [3.63, 3.8) is 0 Å². The highest BCUT2D eigenvalue weighted by atomic mass is 32.1. The quantitative estimate of drug-likeness (QED) is 0.733. The number of carbonyl (C=O) groups is 2. The second-order valence-electron chi connectivity index (χ2n) is 7.14. The first-order valence-corrected chi connectivity index (χ1v) is 10.0. The van der Waals surface area contributed by atoms with Gasteiger partial charge in [-0.25, -0.2) is 0 Å². The van der Waals surface area contributed by atoms with Gasteiger partial charge in [0.05, 0.1) is 5.92 Å².